The number of aromatic nitrogens is 3. The second-order valence-electron chi connectivity index (χ2n) is 3.73. The molecule has 1 heterocycles. The van der Waals surface area contributed by atoms with Gasteiger partial charge in [-0.15, -0.1) is 5.10 Å². The van der Waals surface area contributed by atoms with Crippen molar-refractivity contribution in [3.05, 3.63) is 11.9 Å². The molecule has 1 rings (SSSR count). The van der Waals surface area contributed by atoms with Gasteiger partial charge in [-0.2, -0.15) is 0 Å². The largest absolute Gasteiger partial charge is 0.396 e. The summed E-state index contributed by atoms with van der Waals surface area (Å²) < 4.78 is 1.62. The van der Waals surface area contributed by atoms with Crippen molar-refractivity contribution in [3.63, 3.8) is 0 Å². The van der Waals surface area contributed by atoms with Crippen LogP contribution >= 0.6 is 0 Å². The molecule has 80 valence electrons. The molecule has 0 aliphatic carbocycles. The predicted molar refractivity (Wildman–Crippen MR) is 51.6 cm³/mol. The van der Waals surface area contributed by atoms with E-state index in [1.807, 2.05) is 6.92 Å². The Morgan fingerprint density at radius 3 is 2.43 bits per heavy atom. The van der Waals surface area contributed by atoms with Gasteiger partial charge >= 0.3 is 0 Å². The van der Waals surface area contributed by atoms with Gasteiger partial charge in [-0.05, 0) is 6.42 Å². The molecule has 1 aromatic rings. The minimum Gasteiger partial charge on any atom is -0.396 e. The summed E-state index contributed by atoms with van der Waals surface area (Å²) in [5.41, 5.74) is 0.341. The van der Waals surface area contributed by atoms with E-state index in [1.54, 1.807) is 17.9 Å². The summed E-state index contributed by atoms with van der Waals surface area (Å²) in [6.07, 6.45) is 3.08. The Morgan fingerprint density at radius 1 is 1.43 bits per heavy atom. The zero-order valence-electron chi connectivity index (χ0n) is 8.64. The smallest absolute Gasteiger partial charge is 0.0834 e. The molecular formula is C9H17N3O2. The summed E-state index contributed by atoms with van der Waals surface area (Å²) in [6, 6.07) is 0. The zero-order chi connectivity index (χ0) is 10.6. The van der Waals surface area contributed by atoms with E-state index in [0.29, 0.717) is 6.42 Å². The van der Waals surface area contributed by atoms with Crippen LogP contribution in [0.1, 0.15) is 19.0 Å². The van der Waals surface area contributed by atoms with Crippen molar-refractivity contribution in [2.24, 2.45) is 12.5 Å². The lowest BCUT2D eigenvalue weighted by Gasteiger charge is -2.26. The molecule has 5 nitrogen and oxygen atoms in total. The van der Waals surface area contributed by atoms with Crippen molar-refractivity contribution in [1.29, 1.82) is 0 Å². The fraction of sp³-hybridized carbons (Fsp3) is 0.778. The van der Waals surface area contributed by atoms with Gasteiger partial charge in [0.1, 0.15) is 0 Å². The van der Waals surface area contributed by atoms with Gasteiger partial charge in [0.15, 0.2) is 0 Å². The van der Waals surface area contributed by atoms with Gasteiger partial charge in [-0.1, -0.05) is 12.1 Å². The van der Waals surface area contributed by atoms with E-state index in [1.165, 1.54) is 0 Å². The standard InChI is InChI=1S/C9H17N3O2/c1-3-9(6-13,7-14)4-8-5-12(2)11-10-8/h5,13-14H,3-4,6-7H2,1-2H3. The molecule has 2 N–H and O–H groups in total. The zero-order valence-corrected chi connectivity index (χ0v) is 8.64. The molecule has 0 saturated carbocycles. The summed E-state index contributed by atoms with van der Waals surface area (Å²) >= 11 is 0. The van der Waals surface area contributed by atoms with E-state index in [-0.39, 0.29) is 13.2 Å². The third-order valence-corrected chi connectivity index (χ3v) is 2.63. The van der Waals surface area contributed by atoms with Crippen molar-refractivity contribution in [3.8, 4) is 0 Å². The Hall–Kier alpha value is -0.940. The van der Waals surface area contributed by atoms with E-state index in [9.17, 15) is 10.2 Å². The highest BCUT2D eigenvalue weighted by atomic mass is 16.3. The van der Waals surface area contributed by atoms with Gasteiger partial charge in [0.2, 0.25) is 0 Å². The Bertz CT molecular complexity index is 273. The van der Waals surface area contributed by atoms with Crippen LogP contribution in [0.3, 0.4) is 0 Å². The maximum absolute atomic E-state index is 9.23. The SMILES string of the molecule is CCC(CO)(CO)Cc1cn(C)nn1. The maximum atomic E-state index is 9.23. The predicted octanol–water partition coefficient (Wildman–Crippen LogP) is -0.261. The Balaban J connectivity index is 2.73. The van der Waals surface area contributed by atoms with E-state index < -0.39 is 5.41 Å². The van der Waals surface area contributed by atoms with Crippen molar-refractivity contribution < 1.29 is 10.2 Å². The lowest BCUT2D eigenvalue weighted by molar-refractivity contribution is 0.0506. The molecule has 0 aromatic carbocycles. The number of aliphatic hydroxyl groups is 2. The monoisotopic (exact) mass is 199 g/mol. The molecule has 0 bridgehead atoms. The topological polar surface area (TPSA) is 71.2 Å². The van der Waals surface area contributed by atoms with Crippen LogP contribution in [0.2, 0.25) is 0 Å². The highest BCUT2D eigenvalue weighted by molar-refractivity contribution is 4.98. The molecular weight excluding hydrogens is 182 g/mol. The number of aryl methyl sites for hydroxylation is 1. The molecule has 0 atom stereocenters. The van der Waals surface area contributed by atoms with Crippen LogP contribution in [0.15, 0.2) is 6.20 Å². The first kappa shape index (κ1) is 11.1. The molecule has 0 fully saturated rings. The van der Waals surface area contributed by atoms with Crippen LogP contribution in [0.4, 0.5) is 0 Å². The molecule has 1 aromatic heterocycles. The number of aliphatic hydroxyl groups excluding tert-OH is 2. The number of nitrogens with zero attached hydrogens (tertiary/aromatic N) is 3. The first-order valence-electron chi connectivity index (χ1n) is 4.73. The third-order valence-electron chi connectivity index (χ3n) is 2.63. The average Bonchev–Trinajstić information content (AvgIpc) is 2.61. The Labute approximate surface area is 83.4 Å². The van der Waals surface area contributed by atoms with E-state index in [2.05, 4.69) is 10.3 Å². The second-order valence-corrected chi connectivity index (χ2v) is 3.73. The van der Waals surface area contributed by atoms with Crippen LogP contribution in [0, 0.1) is 5.41 Å². The van der Waals surface area contributed by atoms with Gasteiger partial charge in [-0.3, -0.25) is 4.68 Å². The second kappa shape index (κ2) is 4.52. The van der Waals surface area contributed by atoms with Crippen LogP contribution in [-0.2, 0) is 13.5 Å². The lowest BCUT2D eigenvalue weighted by atomic mass is 9.82. The van der Waals surface area contributed by atoms with Crippen molar-refractivity contribution in [2.75, 3.05) is 13.2 Å². The van der Waals surface area contributed by atoms with Crippen molar-refractivity contribution >= 4 is 0 Å². The first-order valence-corrected chi connectivity index (χ1v) is 4.73. The molecule has 14 heavy (non-hydrogen) atoms. The van der Waals surface area contributed by atoms with Gasteiger partial charge in [0.05, 0.1) is 18.9 Å². The quantitative estimate of drug-likeness (QED) is 0.685. The first-order chi connectivity index (χ1) is 6.65. The Morgan fingerprint density at radius 2 is 2.07 bits per heavy atom. The molecule has 5 heteroatoms. The van der Waals surface area contributed by atoms with Crippen LogP contribution in [-0.4, -0.2) is 38.4 Å². The average molecular weight is 199 g/mol. The van der Waals surface area contributed by atoms with Gasteiger partial charge in [-0.25, -0.2) is 0 Å². The minimum absolute atomic E-state index is 0.0312. The summed E-state index contributed by atoms with van der Waals surface area (Å²) in [4.78, 5) is 0. The molecule has 0 saturated heterocycles. The molecule has 0 radical (unpaired) electrons. The van der Waals surface area contributed by atoms with Crippen LogP contribution in [0.5, 0.6) is 0 Å². The number of rotatable bonds is 5. The van der Waals surface area contributed by atoms with Gasteiger partial charge < -0.3 is 10.2 Å². The van der Waals surface area contributed by atoms with E-state index in [4.69, 9.17) is 0 Å². The molecule has 0 amide bonds. The number of hydrogen-bond acceptors (Lipinski definition) is 4. The molecule has 0 unspecified atom stereocenters. The summed E-state index contributed by atoms with van der Waals surface area (Å²) in [5, 5.41) is 26.2. The molecule has 0 spiro atoms. The Kier molecular flexibility index (Phi) is 3.60. The molecule has 0 aliphatic rings. The maximum Gasteiger partial charge on any atom is 0.0834 e. The fourth-order valence-corrected chi connectivity index (χ4v) is 1.37. The highest BCUT2D eigenvalue weighted by Crippen LogP contribution is 2.24. The van der Waals surface area contributed by atoms with Crippen molar-refractivity contribution in [2.45, 2.75) is 19.8 Å². The van der Waals surface area contributed by atoms with Gasteiger partial charge in [0, 0.05) is 25.1 Å². The summed E-state index contributed by atoms with van der Waals surface area (Å²) in [7, 11) is 1.79. The summed E-state index contributed by atoms with van der Waals surface area (Å²) in [6.45, 7) is 1.88. The van der Waals surface area contributed by atoms with Crippen LogP contribution < -0.4 is 0 Å². The van der Waals surface area contributed by atoms with Crippen LogP contribution in [0.25, 0.3) is 0 Å². The fourth-order valence-electron chi connectivity index (χ4n) is 1.37. The van der Waals surface area contributed by atoms with Gasteiger partial charge in [0.25, 0.3) is 0 Å². The van der Waals surface area contributed by atoms with Crippen molar-refractivity contribution in [1.82, 2.24) is 15.0 Å². The van der Waals surface area contributed by atoms with E-state index >= 15 is 0 Å². The normalized spacial score (nSPS) is 12.0. The minimum atomic E-state index is -0.462. The highest BCUT2D eigenvalue weighted by Gasteiger charge is 2.28. The van der Waals surface area contributed by atoms with E-state index in [0.717, 1.165) is 12.1 Å². The summed E-state index contributed by atoms with van der Waals surface area (Å²) in [5.74, 6) is 0. The molecule has 0 aliphatic heterocycles. The third kappa shape index (κ3) is 2.30. The lowest BCUT2D eigenvalue weighted by Crippen LogP contribution is -2.31. The number of hydrogen-bond donors (Lipinski definition) is 2.